The number of ketones is 1. The summed E-state index contributed by atoms with van der Waals surface area (Å²) in [5, 5.41) is 0. The summed E-state index contributed by atoms with van der Waals surface area (Å²) in [4.78, 5) is 15.7. The molecule has 0 bridgehead atoms. The predicted molar refractivity (Wildman–Crippen MR) is 75.7 cm³/mol. The van der Waals surface area contributed by atoms with E-state index in [9.17, 15) is 4.79 Å². The number of H-pyrrole nitrogens is 1. The van der Waals surface area contributed by atoms with Crippen LogP contribution >= 0.6 is 0 Å². The van der Waals surface area contributed by atoms with E-state index in [2.05, 4.69) is 4.98 Å². The van der Waals surface area contributed by atoms with Gasteiger partial charge in [-0.15, -0.1) is 0 Å². The van der Waals surface area contributed by atoms with E-state index in [1.165, 1.54) is 0 Å². The van der Waals surface area contributed by atoms with Crippen LogP contribution in [0.2, 0.25) is 0 Å². The molecule has 3 rings (SSSR count). The Hall–Kier alpha value is -2.23. The molecule has 0 saturated heterocycles. The van der Waals surface area contributed by atoms with Crippen molar-refractivity contribution in [3.05, 3.63) is 46.8 Å². The molecular formula is C16H17NO3. The van der Waals surface area contributed by atoms with Gasteiger partial charge in [-0.05, 0) is 44.0 Å². The van der Waals surface area contributed by atoms with E-state index in [4.69, 9.17) is 9.47 Å². The van der Waals surface area contributed by atoms with Crippen molar-refractivity contribution >= 4 is 5.78 Å². The topological polar surface area (TPSA) is 51.3 Å². The minimum absolute atomic E-state index is 0.0618. The maximum Gasteiger partial charge on any atom is 0.223 e. The van der Waals surface area contributed by atoms with Gasteiger partial charge in [-0.1, -0.05) is 12.1 Å². The van der Waals surface area contributed by atoms with E-state index in [1.54, 1.807) is 0 Å². The molecule has 104 valence electrons. The molecular weight excluding hydrogens is 254 g/mol. The number of fused-ring (bicyclic) bond motifs is 1. The van der Waals surface area contributed by atoms with Crippen molar-refractivity contribution in [3.63, 3.8) is 0 Å². The number of ether oxygens (including phenoxy) is 2. The lowest BCUT2D eigenvalue weighted by Crippen LogP contribution is -2.37. The zero-order valence-corrected chi connectivity index (χ0v) is 11.8. The van der Waals surface area contributed by atoms with Crippen molar-refractivity contribution in [1.29, 1.82) is 0 Å². The monoisotopic (exact) mass is 271 g/mol. The predicted octanol–water partition coefficient (Wildman–Crippen LogP) is 2.96. The normalized spacial score (nSPS) is 17.1. The number of nitrogens with one attached hydrogen (secondary N) is 1. The number of carbonyl (C=O) groups excluding carboxylic acids is 1. The number of hydrogen-bond acceptors (Lipinski definition) is 3. The van der Waals surface area contributed by atoms with Crippen LogP contribution in [0.15, 0.2) is 24.3 Å². The summed E-state index contributed by atoms with van der Waals surface area (Å²) >= 11 is 0. The van der Waals surface area contributed by atoms with E-state index in [0.29, 0.717) is 17.2 Å². The van der Waals surface area contributed by atoms with Crippen molar-refractivity contribution in [2.45, 2.75) is 26.9 Å². The Kier molecular flexibility index (Phi) is 3.01. The second-order valence-corrected chi connectivity index (χ2v) is 5.10. The molecule has 0 aliphatic carbocycles. The van der Waals surface area contributed by atoms with Gasteiger partial charge in [0.25, 0.3) is 0 Å². The Morgan fingerprint density at radius 3 is 2.50 bits per heavy atom. The molecule has 20 heavy (non-hydrogen) atoms. The maximum atomic E-state index is 12.6. The number of benzene rings is 1. The van der Waals surface area contributed by atoms with Crippen LogP contribution in [0.3, 0.4) is 0 Å². The first-order valence-corrected chi connectivity index (χ1v) is 6.66. The Balaban J connectivity index is 1.88. The number of carbonyl (C=O) groups is 1. The fraction of sp³-hybridized carbons (Fsp3) is 0.312. The number of Topliss-reactive ketones (excluding diaryl/α,β-unsaturated/α-hetero) is 1. The Bertz CT molecular complexity index is 672. The number of hydrogen-bond donors (Lipinski definition) is 1. The first-order chi connectivity index (χ1) is 9.58. The molecule has 4 heteroatoms. The Morgan fingerprint density at radius 2 is 1.85 bits per heavy atom. The third kappa shape index (κ3) is 1.97. The Morgan fingerprint density at radius 1 is 1.15 bits per heavy atom. The van der Waals surface area contributed by atoms with Crippen LogP contribution in [0, 0.1) is 20.8 Å². The highest BCUT2D eigenvalue weighted by Crippen LogP contribution is 2.32. The zero-order chi connectivity index (χ0) is 14.3. The summed E-state index contributed by atoms with van der Waals surface area (Å²) in [6, 6.07) is 7.40. The second kappa shape index (κ2) is 4.71. The summed E-state index contributed by atoms with van der Waals surface area (Å²) in [5.41, 5.74) is 3.73. The van der Waals surface area contributed by atoms with Gasteiger partial charge in [0.2, 0.25) is 5.78 Å². The molecule has 2 heterocycles. The summed E-state index contributed by atoms with van der Waals surface area (Å²) in [6.07, 6.45) is -0.596. The van der Waals surface area contributed by atoms with Crippen molar-refractivity contribution in [1.82, 2.24) is 4.98 Å². The molecule has 1 aromatic heterocycles. The highest BCUT2D eigenvalue weighted by molar-refractivity contribution is 6.00. The largest absolute Gasteiger partial charge is 0.485 e. The third-order valence-corrected chi connectivity index (χ3v) is 3.86. The lowest BCUT2D eigenvalue weighted by molar-refractivity contribution is 0.0581. The highest BCUT2D eigenvalue weighted by Gasteiger charge is 2.30. The Labute approximate surface area is 117 Å². The smallest absolute Gasteiger partial charge is 0.223 e. The van der Waals surface area contributed by atoms with Crippen LogP contribution in [0.25, 0.3) is 0 Å². The van der Waals surface area contributed by atoms with Crippen LogP contribution in [0.5, 0.6) is 11.5 Å². The molecule has 0 saturated carbocycles. The summed E-state index contributed by atoms with van der Waals surface area (Å²) < 4.78 is 11.4. The molecule has 1 unspecified atom stereocenters. The van der Waals surface area contributed by atoms with Crippen LogP contribution in [0.4, 0.5) is 0 Å². The lowest BCUT2D eigenvalue weighted by Gasteiger charge is -2.25. The van der Waals surface area contributed by atoms with Gasteiger partial charge in [0.1, 0.15) is 6.61 Å². The fourth-order valence-corrected chi connectivity index (χ4v) is 2.40. The number of rotatable bonds is 2. The summed E-state index contributed by atoms with van der Waals surface area (Å²) in [7, 11) is 0. The quantitative estimate of drug-likeness (QED) is 0.854. The van der Waals surface area contributed by atoms with Gasteiger partial charge in [-0.2, -0.15) is 0 Å². The zero-order valence-electron chi connectivity index (χ0n) is 11.8. The van der Waals surface area contributed by atoms with E-state index >= 15 is 0 Å². The number of para-hydroxylation sites is 2. The highest BCUT2D eigenvalue weighted by atomic mass is 16.6. The minimum atomic E-state index is -0.596. The first kappa shape index (κ1) is 12.8. The van der Waals surface area contributed by atoms with Gasteiger partial charge < -0.3 is 14.5 Å². The van der Waals surface area contributed by atoms with E-state index < -0.39 is 6.10 Å². The number of aromatic amines is 1. The fourth-order valence-electron chi connectivity index (χ4n) is 2.40. The number of aryl methyl sites for hydroxylation is 1. The molecule has 1 N–H and O–H groups in total. The summed E-state index contributed by atoms with van der Waals surface area (Å²) in [6.45, 7) is 6.16. The van der Waals surface area contributed by atoms with Crippen molar-refractivity contribution < 1.29 is 14.3 Å². The van der Waals surface area contributed by atoms with Crippen molar-refractivity contribution in [2.75, 3.05) is 6.61 Å². The van der Waals surface area contributed by atoms with E-state index in [1.807, 2.05) is 45.0 Å². The molecule has 0 fully saturated rings. The lowest BCUT2D eigenvalue weighted by atomic mass is 10.1. The molecule has 2 aromatic rings. The first-order valence-electron chi connectivity index (χ1n) is 6.66. The van der Waals surface area contributed by atoms with E-state index in [-0.39, 0.29) is 12.4 Å². The molecule has 1 aliphatic rings. The van der Waals surface area contributed by atoms with Crippen molar-refractivity contribution in [2.24, 2.45) is 0 Å². The molecule has 0 spiro atoms. The maximum absolute atomic E-state index is 12.6. The van der Waals surface area contributed by atoms with Gasteiger partial charge in [-0.25, -0.2) is 0 Å². The van der Waals surface area contributed by atoms with Crippen LogP contribution in [-0.2, 0) is 0 Å². The molecule has 1 aromatic carbocycles. The van der Waals surface area contributed by atoms with Gasteiger partial charge in [0.15, 0.2) is 17.6 Å². The summed E-state index contributed by atoms with van der Waals surface area (Å²) in [5.74, 6) is 1.25. The standard InChI is InChI=1S/C16H17NO3/c1-9-10(2)15(17-11(9)3)16(18)14-8-19-12-6-4-5-7-13(12)20-14/h4-7,14,17H,8H2,1-3H3. The SMILES string of the molecule is Cc1[nH]c(C(=O)C2COc3ccccc3O2)c(C)c1C. The third-order valence-electron chi connectivity index (χ3n) is 3.86. The average Bonchev–Trinajstić information content (AvgIpc) is 2.73. The van der Waals surface area contributed by atoms with Gasteiger partial charge in [0.05, 0.1) is 5.69 Å². The molecule has 1 aliphatic heterocycles. The number of aromatic nitrogens is 1. The van der Waals surface area contributed by atoms with Crippen molar-refractivity contribution in [3.8, 4) is 11.5 Å². The second-order valence-electron chi connectivity index (χ2n) is 5.10. The van der Waals surface area contributed by atoms with Crippen LogP contribution in [-0.4, -0.2) is 23.5 Å². The van der Waals surface area contributed by atoms with E-state index in [0.717, 1.165) is 16.8 Å². The molecule has 4 nitrogen and oxygen atoms in total. The van der Waals surface area contributed by atoms with Gasteiger partial charge >= 0.3 is 0 Å². The minimum Gasteiger partial charge on any atom is -0.485 e. The van der Waals surface area contributed by atoms with Gasteiger partial charge in [-0.3, -0.25) is 4.79 Å². The molecule has 1 atom stereocenters. The van der Waals surface area contributed by atoms with Crippen LogP contribution < -0.4 is 9.47 Å². The molecule has 0 radical (unpaired) electrons. The van der Waals surface area contributed by atoms with Crippen LogP contribution in [0.1, 0.15) is 27.3 Å². The van der Waals surface area contributed by atoms with Gasteiger partial charge in [0, 0.05) is 5.69 Å². The average molecular weight is 271 g/mol. The molecule has 0 amide bonds.